The Morgan fingerprint density at radius 3 is 1.94 bits per heavy atom. The van der Waals surface area contributed by atoms with Crippen LogP contribution in [0.2, 0.25) is 0 Å². The Morgan fingerprint density at radius 2 is 1.48 bits per heavy atom. The lowest BCUT2D eigenvalue weighted by Gasteiger charge is -2.22. The zero-order valence-corrected chi connectivity index (χ0v) is 19.2. The highest BCUT2D eigenvalue weighted by atomic mass is 19.1. The molecule has 2 aromatic carbocycles. The monoisotopic (exact) mass is 432 g/mol. The summed E-state index contributed by atoms with van der Waals surface area (Å²) in [6.07, 6.45) is 0. The van der Waals surface area contributed by atoms with E-state index in [-0.39, 0.29) is 5.82 Å². The van der Waals surface area contributed by atoms with Gasteiger partial charge in [-0.1, -0.05) is 6.07 Å². The van der Waals surface area contributed by atoms with Gasteiger partial charge in [0.05, 0.1) is 27.0 Å². The summed E-state index contributed by atoms with van der Waals surface area (Å²) in [6.45, 7) is 6.51. The molecule has 0 aliphatic rings. The van der Waals surface area contributed by atoms with Gasteiger partial charge in [0.2, 0.25) is 5.75 Å². The predicted molar refractivity (Wildman–Crippen MR) is 123 cm³/mol. The summed E-state index contributed by atoms with van der Waals surface area (Å²) >= 11 is 0. The summed E-state index contributed by atoms with van der Waals surface area (Å²) in [5, 5.41) is 6.45. The SMILES string of the molecule is CCN(CC)c1ccc(CNC(=NC)NCc2cc(OC)c(OC)c(OC)c2)cc1F. The van der Waals surface area contributed by atoms with Gasteiger partial charge >= 0.3 is 0 Å². The van der Waals surface area contributed by atoms with Crippen molar-refractivity contribution in [1.29, 1.82) is 0 Å². The molecule has 0 unspecified atom stereocenters. The summed E-state index contributed by atoms with van der Waals surface area (Å²) in [6, 6.07) is 9.07. The Kier molecular flexibility index (Phi) is 9.24. The molecule has 7 nitrogen and oxygen atoms in total. The number of benzene rings is 2. The molecule has 0 aliphatic heterocycles. The van der Waals surface area contributed by atoms with Gasteiger partial charge in [-0.25, -0.2) is 4.39 Å². The number of nitrogens with zero attached hydrogens (tertiary/aromatic N) is 2. The molecule has 0 atom stereocenters. The number of hydrogen-bond acceptors (Lipinski definition) is 5. The fraction of sp³-hybridized carbons (Fsp3) is 0.435. The quantitative estimate of drug-likeness (QED) is 0.442. The lowest BCUT2D eigenvalue weighted by Crippen LogP contribution is -2.36. The highest BCUT2D eigenvalue weighted by molar-refractivity contribution is 5.79. The van der Waals surface area contributed by atoms with Crippen LogP contribution < -0.4 is 29.7 Å². The molecule has 31 heavy (non-hydrogen) atoms. The molecule has 0 heterocycles. The fourth-order valence-corrected chi connectivity index (χ4v) is 3.31. The Morgan fingerprint density at radius 1 is 0.903 bits per heavy atom. The maximum atomic E-state index is 14.5. The van der Waals surface area contributed by atoms with Crippen molar-refractivity contribution in [2.45, 2.75) is 26.9 Å². The smallest absolute Gasteiger partial charge is 0.203 e. The lowest BCUT2D eigenvalue weighted by atomic mass is 10.1. The van der Waals surface area contributed by atoms with E-state index in [0.717, 1.165) is 24.2 Å². The molecule has 2 aromatic rings. The largest absolute Gasteiger partial charge is 0.493 e. The van der Waals surface area contributed by atoms with Gasteiger partial charge in [0.1, 0.15) is 5.82 Å². The third-order valence-electron chi connectivity index (χ3n) is 4.98. The number of hydrogen-bond donors (Lipinski definition) is 2. The van der Waals surface area contributed by atoms with Gasteiger partial charge in [-0.15, -0.1) is 0 Å². The first-order valence-electron chi connectivity index (χ1n) is 10.3. The molecule has 0 amide bonds. The number of anilines is 1. The molecule has 2 rings (SSSR count). The van der Waals surface area contributed by atoms with E-state index in [0.29, 0.717) is 42.0 Å². The molecule has 0 saturated carbocycles. The number of rotatable bonds is 10. The van der Waals surface area contributed by atoms with E-state index < -0.39 is 0 Å². The summed E-state index contributed by atoms with van der Waals surface area (Å²) in [5.41, 5.74) is 2.40. The van der Waals surface area contributed by atoms with E-state index in [1.54, 1.807) is 34.4 Å². The van der Waals surface area contributed by atoms with Crippen LogP contribution in [-0.2, 0) is 13.1 Å². The van der Waals surface area contributed by atoms with Gasteiger partial charge < -0.3 is 29.7 Å². The van der Waals surface area contributed by atoms with E-state index >= 15 is 0 Å². The average molecular weight is 433 g/mol. The van der Waals surface area contributed by atoms with Crippen LogP contribution in [0.25, 0.3) is 0 Å². The molecular weight excluding hydrogens is 399 g/mol. The van der Waals surface area contributed by atoms with E-state index in [9.17, 15) is 4.39 Å². The van der Waals surface area contributed by atoms with E-state index in [1.807, 2.05) is 43.0 Å². The van der Waals surface area contributed by atoms with Crippen molar-refractivity contribution in [1.82, 2.24) is 10.6 Å². The van der Waals surface area contributed by atoms with Crippen LogP contribution in [0.5, 0.6) is 17.2 Å². The van der Waals surface area contributed by atoms with Gasteiger partial charge in [0.15, 0.2) is 17.5 Å². The topological polar surface area (TPSA) is 67.4 Å². The standard InChI is InChI=1S/C23H33FN4O3/c1-7-28(8-2)19-10-9-16(11-18(19)24)14-26-23(25-3)27-15-17-12-20(29-4)22(31-6)21(13-17)30-5/h9-13H,7-8,14-15H2,1-6H3,(H2,25,26,27). The number of methoxy groups -OCH3 is 3. The second kappa shape index (κ2) is 11.9. The van der Waals surface area contributed by atoms with Gasteiger partial charge in [-0.3, -0.25) is 4.99 Å². The third kappa shape index (κ3) is 6.16. The number of nitrogens with one attached hydrogen (secondary N) is 2. The highest BCUT2D eigenvalue weighted by Crippen LogP contribution is 2.38. The molecule has 0 aliphatic carbocycles. The van der Waals surface area contributed by atoms with Crippen LogP contribution in [0.3, 0.4) is 0 Å². The van der Waals surface area contributed by atoms with Crippen molar-refractivity contribution < 1.29 is 18.6 Å². The van der Waals surface area contributed by atoms with Crippen molar-refractivity contribution in [2.75, 3.05) is 46.4 Å². The fourth-order valence-electron chi connectivity index (χ4n) is 3.31. The van der Waals surface area contributed by atoms with Gasteiger partial charge in [-0.05, 0) is 49.2 Å². The second-order valence-corrected chi connectivity index (χ2v) is 6.77. The first-order valence-corrected chi connectivity index (χ1v) is 10.3. The zero-order valence-electron chi connectivity index (χ0n) is 19.2. The normalized spacial score (nSPS) is 11.1. The van der Waals surface area contributed by atoms with Crippen molar-refractivity contribution >= 4 is 11.6 Å². The van der Waals surface area contributed by atoms with E-state index in [2.05, 4.69) is 15.6 Å². The van der Waals surface area contributed by atoms with Crippen molar-refractivity contribution in [3.63, 3.8) is 0 Å². The maximum Gasteiger partial charge on any atom is 0.203 e. The molecule has 0 aromatic heterocycles. The molecule has 0 saturated heterocycles. The first-order chi connectivity index (χ1) is 15.0. The number of aliphatic imine (C=N–C) groups is 1. The number of guanidine groups is 1. The predicted octanol–water partition coefficient (Wildman–Crippen LogP) is 3.56. The molecule has 0 radical (unpaired) electrons. The van der Waals surface area contributed by atoms with Crippen molar-refractivity contribution in [3.8, 4) is 17.2 Å². The minimum absolute atomic E-state index is 0.219. The summed E-state index contributed by atoms with van der Waals surface area (Å²) in [4.78, 5) is 6.23. The zero-order chi connectivity index (χ0) is 22.8. The second-order valence-electron chi connectivity index (χ2n) is 6.77. The highest BCUT2D eigenvalue weighted by Gasteiger charge is 2.13. The molecule has 0 bridgehead atoms. The molecule has 170 valence electrons. The van der Waals surface area contributed by atoms with Crippen LogP contribution in [0.1, 0.15) is 25.0 Å². The Labute approximate surface area is 184 Å². The van der Waals surface area contributed by atoms with E-state index in [4.69, 9.17) is 14.2 Å². The minimum atomic E-state index is -0.219. The van der Waals surface area contributed by atoms with Crippen LogP contribution in [0.4, 0.5) is 10.1 Å². The molecule has 2 N–H and O–H groups in total. The van der Waals surface area contributed by atoms with Crippen LogP contribution >= 0.6 is 0 Å². The number of ether oxygens (including phenoxy) is 3. The molecule has 8 heteroatoms. The van der Waals surface area contributed by atoms with Gasteiger partial charge in [-0.2, -0.15) is 0 Å². The summed E-state index contributed by atoms with van der Waals surface area (Å²) < 4.78 is 30.6. The van der Waals surface area contributed by atoms with Gasteiger partial charge in [0, 0.05) is 33.2 Å². The molecular formula is C23H33FN4O3. The minimum Gasteiger partial charge on any atom is -0.493 e. The lowest BCUT2D eigenvalue weighted by molar-refractivity contribution is 0.323. The van der Waals surface area contributed by atoms with Crippen LogP contribution in [-0.4, -0.2) is 47.4 Å². The summed E-state index contributed by atoms with van der Waals surface area (Å²) in [7, 11) is 6.43. The number of halogens is 1. The average Bonchev–Trinajstić information content (AvgIpc) is 2.80. The summed E-state index contributed by atoms with van der Waals surface area (Å²) in [5.74, 6) is 2.10. The van der Waals surface area contributed by atoms with Crippen molar-refractivity contribution in [3.05, 3.63) is 47.3 Å². The van der Waals surface area contributed by atoms with Crippen LogP contribution in [0, 0.1) is 5.82 Å². The maximum absolute atomic E-state index is 14.5. The molecule has 0 fully saturated rings. The van der Waals surface area contributed by atoms with Crippen molar-refractivity contribution in [2.24, 2.45) is 4.99 Å². The van der Waals surface area contributed by atoms with E-state index in [1.165, 1.54) is 0 Å². The first kappa shape index (κ1) is 24.1. The van der Waals surface area contributed by atoms with Gasteiger partial charge in [0.25, 0.3) is 0 Å². The third-order valence-corrected chi connectivity index (χ3v) is 4.98. The Bertz CT molecular complexity index is 860. The van der Waals surface area contributed by atoms with Crippen LogP contribution in [0.15, 0.2) is 35.3 Å². The Balaban J connectivity index is 2.02. The molecule has 0 spiro atoms. The Hall–Kier alpha value is -3.16.